The van der Waals surface area contributed by atoms with E-state index in [1.54, 1.807) is 29.5 Å². The number of nitrogens with zero attached hydrogens (tertiary/aromatic N) is 1. The number of halogens is 4. The van der Waals surface area contributed by atoms with Gasteiger partial charge in [0.2, 0.25) is 0 Å². The molecule has 1 heterocycles. The van der Waals surface area contributed by atoms with Crippen LogP contribution in [0.1, 0.15) is 12.6 Å². The topological polar surface area (TPSA) is 57.7 Å². The summed E-state index contributed by atoms with van der Waals surface area (Å²) in [5.74, 6) is -1.15. The summed E-state index contributed by atoms with van der Waals surface area (Å²) in [6.07, 6.45) is -5.30. The number of ether oxygens (including phenoxy) is 3. The van der Waals surface area contributed by atoms with Gasteiger partial charge in [-0.1, -0.05) is 0 Å². The summed E-state index contributed by atoms with van der Waals surface area (Å²) in [5, 5.41) is 0. The fraction of sp³-hybridized carbons (Fsp3) is 0.455. The van der Waals surface area contributed by atoms with Gasteiger partial charge in [-0.15, -0.1) is 13.2 Å². The Morgan fingerprint density at radius 3 is 2.55 bits per heavy atom. The number of aromatic nitrogens is 1. The highest BCUT2D eigenvalue weighted by Crippen LogP contribution is 2.31. The normalized spacial score (nSPS) is 11.1. The zero-order chi connectivity index (χ0) is 15.3. The van der Waals surface area contributed by atoms with Gasteiger partial charge in [0.05, 0.1) is 25.8 Å². The lowest BCUT2D eigenvalue weighted by molar-refractivity contribution is -0.275. The number of hydrogen-bond donors (Lipinski definition) is 0. The largest absolute Gasteiger partial charge is 0.573 e. The van der Waals surface area contributed by atoms with Crippen LogP contribution in [0.4, 0.5) is 13.2 Å². The Bertz CT molecular complexity index is 493. The van der Waals surface area contributed by atoms with Gasteiger partial charge in [-0.3, -0.25) is 4.79 Å². The summed E-state index contributed by atoms with van der Waals surface area (Å²) in [4.78, 5) is 15.2. The van der Waals surface area contributed by atoms with Crippen LogP contribution in [-0.4, -0.2) is 31.0 Å². The number of hydrogen-bond acceptors (Lipinski definition) is 5. The van der Waals surface area contributed by atoms with Crippen molar-refractivity contribution in [2.24, 2.45) is 0 Å². The third-order valence-corrected chi connectivity index (χ3v) is 2.82. The Hall–Kier alpha value is -1.26. The summed E-state index contributed by atoms with van der Waals surface area (Å²) < 4.78 is 50.7. The lowest BCUT2D eigenvalue weighted by atomic mass is 10.2. The van der Waals surface area contributed by atoms with Gasteiger partial charge in [0, 0.05) is 6.07 Å². The lowest BCUT2D eigenvalue weighted by Crippen LogP contribution is -2.20. The molecule has 0 aromatic carbocycles. The third kappa shape index (κ3) is 5.02. The molecule has 112 valence electrons. The van der Waals surface area contributed by atoms with E-state index in [0.29, 0.717) is 3.70 Å². The molecular weight excluding hydrogens is 394 g/mol. The Labute approximate surface area is 126 Å². The number of esters is 1. The number of alkyl halides is 3. The SMILES string of the molecule is CCOC(=O)Cc1nc(I)c(OC)cc1OC(F)(F)F. The first-order valence-corrected chi connectivity index (χ1v) is 6.49. The first-order valence-electron chi connectivity index (χ1n) is 5.41. The molecule has 0 aliphatic rings. The molecule has 0 N–H and O–H groups in total. The highest BCUT2D eigenvalue weighted by atomic mass is 127. The van der Waals surface area contributed by atoms with E-state index in [1.165, 1.54) is 7.11 Å². The van der Waals surface area contributed by atoms with Crippen LogP contribution in [0.5, 0.6) is 11.5 Å². The Kier molecular flexibility index (Phi) is 5.84. The van der Waals surface area contributed by atoms with E-state index in [-0.39, 0.29) is 18.1 Å². The van der Waals surface area contributed by atoms with Crippen molar-refractivity contribution in [3.63, 3.8) is 0 Å². The van der Waals surface area contributed by atoms with Crippen molar-refractivity contribution in [1.82, 2.24) is 4.98 Å². The summed E-state index contributed by atoms with van der Waals surface area (Å²) in [7, 11) is 1.29. The molecule has 0 fully saturated rings. The van der Waals surface area contributed by atoms with Gasteiger partial charge in [0.1, 0.15) is 3.70 Å². The summed E-state index contributed by atoms with van der Waals surface area (Å²) in [6, 6.07) is 1.04. The second kappa shape index (κ2) is 6.95. The number of carbonyl (C=O) groups excluding carboxylic acids is 1. The molecule has 1 aromatic heterocycles. The van der Waals surface area contributed by atoms with Crippen LogP contribution in [0.25, 0.3) is 0 Å². The average molecular weight is 405 g/mol. The second-order valence-electron chi connectivity index (χ2n) is 3.46. The van der Waals surface area contributed by atoms with Crippen molar-refractivity contribution in [1.29, 1.82) is 0 Å². The van der Waals surface area contributed by atoms with Gasteiger partial charge in [0.15, 0.2) is 11.5 Å². The molecule has 5 nitrogen and oxygen atoms in total. The maximum Gasteiger partial charge on any atom is 0.573 e. The maximum atomic E-state index is 12.3. The van der Waals surface area contributed by atoms with Crippen LogP contribution in [-0.2, 0) is 16.0 Å². The van der Waals surface area contributed by atoms with Crippen molar-refractivity contribution in [3.05, 3.63) is 15.5 Å². The van der Waals surface area contributed by atoms with Gasteiger partial charge in [-0.25, -0.2) is 4.98 Å². The molecule has 0 aliphatic carbocycles. The molecule has 9 heteroatoms. The highest BCUT2D eigenvalue weighted by Gasteiger charge is 2.33. The quantitative estimate of drug-likeness (QED) is 0.429. The molecular formula is C11H11F3INO4. The van der Waals surface area contributed by atoms with Crippen molar-refractivity contribution in [2.45, 2.75) is 19.7 Å². The van der Waals surface area contributed by atoms with E-state index >= 15 is 0 Å². The minimum Gasteiger partial charge on any atom is -0.494 e. The van der Waals surface area contributed by atoms with E-state index < -0.39 is 24.5 Å². The van der Waals surface area contributed by atoms with Crippen LogP contribution in [0.15, 0.2) is 6.07 Å². The van der Waals surface area contributed by atoms with Gasteiger partial charge in [0.25, 0.3) is 0 Å². The molecule has 0 radical (unpaired) electrons. The fourth-order valence-electron chi connectivity index (χ4n) is 1.32. The molecule has 0 spiro atoms. The van der Waals surface area contributed by atoms with Gasteiger partial charge in [-0.05, 0) is 29.5 Å². The summed E-state index contributed by atoms with van der Waals surface area (Å²) >= 11 is 1.78. The minimum absolute atomic E-state index is 0.123. The maximum absolute atomic E-state index is 12.3. The van der Waals surface area contributed by atoms with E-state index in [0.717, 1.165) is 6.07 Å². The predicted molar refractivity (Wildman–Crippen MR) is 70.5 cm³/mol. The molecule has 20 heavy (non-hydrogen) atoms. The molecule has 0 aliphatic heterocycles. The van der Waals surface area contributed by atoms with Crippen molar-refractivity contribution < 1.29 is 32.2 Å². The molecule has 0 atom stereocenters. The molecule has 0 saturated heterocycles. The smallest absolute Gasteiger partial charge is 0.494 e. The monoisotopic (exact) mass is 405 g/mol. The van der Waals surface area contributed by atoms with E-state index in [9.17, 15) is 18.0 Å². The third-order valence-electron chi connectivity index (χ3n) is 2.05. The number of rotatable bonds is 5. The first-order chi connectivity index (χ1) is 9.26. The van der Waals surface area contributed by atoms with Crippen molar-refractivity contribution in [3.8, 4) is 11.5 Å². The van der Waals surface area contributed by atoms with Crippen molar-refractivity contribution in [2.75, 3.05) is 13.7 Å². The Balaban J connectivity index is 3.12. The van der Waals surface area contributed by atoms with Gasteiger partial charge in [-0.2, -0.15) is 0 Å². The first kappa shape index (κ1) is 16.8. The van der Waals surface area contributed by atoms with Crippen LogP contribution >= 0.6 is 22.6 Å². The minimum atomic E-state index is -4.89. The van der Waals surface area contributed by atoms with E-state index in [2.05, 4.69) is 14.5 Å². The zero-order valence-corrected chi connectivity index (χ0v) is 12.7. The number of methoxy groups -OCH3 is 1. The molecule has 1 rings (SSSR count). The van der Waals surface area contributed by atoms with Crippen LogP contribution in [0.2, 0.25) is 0 Å². The molecule has 0 amide bonds. The zero-order valence-electron chi connectivity index (χ0n) is 10.6. The molecule has 0 bridgehead atoms. The van der Waals surface area contributed by atoms with E-state index in [1.807, 2.05) is 0 Å². The van der Waals surface area contributed by atoms with Crippen LogP contribution in [0.3, 0.4) is 0 Å². The van der Waals surface area contributed by atoms with Gasteiger partial charge < -0.3 is 14.2 Å². The molecule has 0 unspecified atom stereocenters. The van der Waals surface area contributed by atoms with Crippen LogP contribution < -0.4 is 9.47 Å². The summed E-state index contributed by atoms with van der Waals surface area (Å²) in [5.41, 5.74) is -0.161. The fourth-order valence-corrected chi connectivity index (χ4v) is 1.99. The lowest BCUT2D eigenvalue weighted by Gasteiger charge is -2.14. The van der Waals surface area contributed by atoms with E-state index in [4.69, 9.17) is 4.74 Å². The molecule has 0 saturated carbocycles. The molecule has 1 aromatic rings. The number of pyridine rings is 1. The van der Waals surface area contributed by atoms with Crippen molar-refractivity contribution >= 4 is 28.6 Å². The Morgan fingerprint density at radius 2 is 2.05 bits per heavy atom. The second-order valence-corrected chi connectivity index (χ2v) is 4.48. The van der Waals surface area contributed by atoms with Gasteiger partial charge >= 0.3 is 12.3 Å². The average Bonchev–Trinajstić information content (AvgIpc) is 2.31. The highest BCUT2D eigenvalue weighted by molar-refractivity contribution is 14.1. The summed E-state index contributed by atoms with van der Waals surface area (Å²) in [6.45, 7) is 1.72. The van der Waals surface area contributed by atoms with Crippen LogP contribution in [0, 0.1) is 3.70 Å². The Morgan fingerprint density at radius 1 is 1.40 bits per heavy atom. The standard InChI is InChI=1S/C11H11F3INO4/c1-3-19-9(17)4-6-7(20-11(12,13)14)5-8(18-2)10(15)16-6/h5H,3-4H2,1-2H3. The predicted octanol–water partition coefficient (Wildman–Crippen LogP) is 2.70. The number of carbonyl (C=O) groups is 1.